The van der Waals surface area contributed by atoms with Crippen LogP contribution in [0.3, 0.4) is 0 Å². The van der Waals surface area contributed by atoms with Crippen molar-refractivity contribution >= 4 is 5.78 Å². The Morgan fingerprint density at radius 3 is 2.59 bits per heavy atom. The van der Waals surface area contributed by atoms with Crippen molar-refractivity contribution in [1.82, 2.24) is 0 Å². The summed E-state index contributed by atoms with van der Waals surface area (Å²) < 4.78 is 0. The molecular formula is C14H27N2O+. The van der Waals surface area contributed by atoms with Crippen molar-refractivity contribution in [3.63, 3.8) is 0 Å². The van der Waals surface area contributed by atoms with Gasteiger partial charge in [0.1, 0.15) is 12.7 Å². The Labute approximate surface area is 105 Å². The van der Waals surface area contributed by atoms with E-state index in [0.29, 0.717) is 18.2 Å². The lowest BCUT2D eigenvalue weighted by molar-refractivity contribution is -0.924. The second kappa shape index (κ2) is 5.96. The third-order valence-electron chi connectivity index (χ3n) is 4.60. The molecule has 0 radical (unpaired) electrons. The van der Waals surface area contributed by atoms with Gasteiger partial charge in [0.05, 0.1) is 6.54 Å². The van der Waals surface area contributed by atoms with Gasteiger partial charge < -0.3 is 4.90 Å². The van der Waals surface area contributed by atoms with Crippen LogP contribution in [-0.4, -0.2) is 25.0 Å². The minimum absolute atomic E-state index is 0.186. The van der Waals surface area contributed by atoms with E-state index >= 15 is 0 Å². The fourth-order valence-electron chi connectivity index (χ4n) is 3.35. The molecule has 17 heavy (non-hydrogen) atoms. The van der Waals surface area contributed by atoms with E-state index in [1.165, 1.54) is 30.6 Å². The molecule has 3 unspecified atom stereocenters. The molecule has 0 amide bonds. The minimum Gasteiger partial charge on any atom is -0.314 e. The van der Waals surface area contributed by atoms with Gasteiger partial charge in [-0.25, -0.2) is 0 Å². The number of quaternary nitrogens is 1. The summed E-state index contributed by atoms with van der Waals surface area (Å²) in [5, 5.41) is 0. The van der Waals surface area contributed by atoms with E-state index in [4.69, 9.17) is 5.73 Å². The zero-order chi connectivity index (χ0) is 12.3. The molecule has 0 spiro atoms. The number of rotatable bonds is 3. The van der Waals surface area contributed by atoms with Gasteiger partial charge in [0, 0.05) is 12.3 Å². The number of likely N-dealkylation sites (tertiary alicyclic amines) is 1. The summed E-state index contributed by atoms with van der Waals surface area (Å²) in [4.78, 5) is 13.5. The smallest absolute Gasteiger partial charge is 0.189 e. The first-order valence-corrected chi connectivity index (χ1v) is 7.29. The van der Waals surface area contributed by atoms with Gasteiger partial charge in [-0.2, -0.15) is 0 Å². The molecule has 0 aromatic heterocycles. The standard InChI is InChI=1S/C14H26N2O/c1-11-7-8-16(14(15)9-11)10-13(17)12-5-3-2-4-6-12/h11-12,14H,2-10,15H2,1H3/p+1. The topological polar surface area (TPSA) is 47.5 Å². The molecule has 1 saturated carbocycles. The molecule has 3 nitrogen and oxygen atoms in total. The zero-order valence-corrected chi connectivity index (χ0v) is 11.1. The van der Waals surface area contributed by atoms with Crippen molar-refractivity contribution in [2.45, 2.75) is 58.0 Å². The highest BCUT2D eigenvalue weighted by Gasteiger charge is 2.31. The lowest BCUT2D eigenvalue weighted by atomic mass is 9.85. The molecule has 3 heteroatoms. The van der Waals surface area contributed by atoms with Crippen LogP contribution in [0, 0.1) is 11.8 Å². The molecule has 2 fully saturated rings. The van der Waals surface area contributed by atoms with Crippen LogP contribution in [0.25, 0.3) is 0 Å². The van der Waals surface area contributed by atoms with E-state index in [1.54, 1.807) is 0 Å². The Morgan fingerprint density at radius 1 is 1.24 bits per heavy atom. The number of Topliss-reactive ketones (excluding diaryl/α,β-unsaturated/α-hetero) is 1. The summed E-state index contributed by atoms with van der Waals surface area (Å²) in [5.74, 6) is 1.56. The number of nitrogens with one attached hydrogen (secondary N) is 1. The Kier molecular flexibility index (Phi) is 4.57. The van der Waals surface area contributed by atoms with Crippen LogP contribution in [0.4, 0.5) is 0 Å². The summed E-state index contributed by atoms with van der Waals surface area (Å²) >= 11 is 0. The molecule has 1 aliphatic carbocycles. The minimum atomic E-state index is 0.186. The zero-order valence-electron chi connectivity index (χ0n) is 11.1. The molecule has 3 atom stereocenters. The van der Waals surface area contributed by atoms with Crippen molar-refractivity contribution in [3.8, 4) is 0 Å². The van der Waals surface area contributed by atoms with E-state index in [1.807, 2.05) is 0 Å². The second-order valence-electron chi connectivity index (χ2n) is 6.12. The van der Waals surface area contributed by atoms with Gasteiger partial charge in [-0.3, -0.25) is 10.5 Å². The molecule has 98 valence electrons. The summed E-state index contributed by atoms with van der Waals surface area (Å²) in [6.07, 6.45) is 8.54. The number of hydrogen-bond donors (Lipinski definition) is 2. The summed E-state index contributed by atoms with van der Waals surface area (Å²) in [6.45, 7) is 4.03. The molecule has 3 N–H and O–H groups in total. The van der Waals surface area contributed by atoms with Crippen molar-refractivity contribution < 1.29 is 9.69 Å². The van der Waals surface area contributed by atoms with Gasteiger partial charge in [0.25, 0.3) is 0 Å². The lowest BCUT2D eigenvalue weighted by Crippen LogP contribution is -3.19. The predicted octanol–water partition coefficient (Wildman–Crippen LogP) is 0.735. The van der Waals surface area contributed by atoms with Crippen LogP contribution in [0.1, 0.15) is 51.9 Å². The highest BCUT2D eigenvalue weighted by Crippen LogP contribution is 2.23. The molecule has 0 aromatic rings. The second-order valence-corrected chi connectivity index (χ2v) is 6.12. The Balaban J connectivity index is 1.81. The average molecular weight is 239 g/mol. The van der Waals surface area contributed by atoms with Gasteiger partial charge in [0.2, 0.25) is 0 Å². The Bertz CT molecular complexity index is 261. The maximum Gasteiger partial charge on any atom is 0.189 e. The van der Waals surface area contributed by atoms with Crippen molar-refractivity contribution in [2.24, 2.45) is 17.6 Å². The third-order valence-corrected chi connectivity index (χ3v) is 4.60. The molecule has 0 bridgehead atoms. The van der Waals surface area contributed by atoms with Gasteiger partial charge in [-0.15, -0.1) is 0 Å². The number of nitrogens with two attached hydrogens (primary N) is 1. The molecule has 2 aliphatic rings. The first-order valence-electron chi connectivity index (χ1n) is 7.29. The Morgan fingerprint density at radius 2 is 1.94 bits per heavy atom. The number of hydrogen-bond acceptors (Lipinski definition) is 2. The molecule has 0 aromatic carbocycles. The number of piperidine rings is 1. The lowest BCUT2D eigenvalue weighted by Gasteiger charge is -2.33. The van der Waals surface area contributed by atoms with Crippen molar-refractivity contribution in [1.29, 1.82) is 0 Å². The van der Waals surface area contributed by atoms with Crippen LogP contribution in [0.15, 0.2) is 0 Å². The Hall–Kier alpha value is -0.410. The van der Waals surface area contributed by atoms with E-state index < -0.39 is 0 Å². The van der Waals surface area contributed by atoms with Crippen LogP contribution in [-0.2, 0) is 4.79 Å². The van der Waals surface area contributed by atoms with Crippen LogP contribution in [0.2, 0.25) is 0 Å². The van der Waals surface area contributed by atoms with E-state index in [-0.39, 0.29) is 6.17 Å². The number of ketones is 1. The van der Waals surface area contributed by atoms with Crippen LogP contribution in [0.5, 0.6) is 0 Å². The van der Waals surface area contributed by atoms with E-state index in [0.717, 1.165) is 31.7 Å². The summed E-state index contributed by atoms with van der Waals surface area (Å²) in [7, 11) is 0. The number of carbonyl (C=O) groups is 1. The van der Waals surface area contributed by atoms with Gasteiger partial charge >= 0.3 is 0 Å². The fraction of sp³-hybridized carbons (Fsp3) is 0.929. The summed E-state index contributed by atoms with van der Waals surface area (Å²) in [5.41, 5.74) is 6.16. The average Bonchev–Trinajstić information content (AvgIpc) is 2.34. The quantitative estimate of drug-likeness (QED) is 0.763. The summed E-state index contributed by atoms with van der Waals surface area (Å²) in [6, 6.07) is 0. The van der Waals surface area contributed by atoms with E-state index in [9.17, 15) is 4.79 Å². The molecular weight excluding hydrogens is 212 g/mol. The first kappa shape index (κ1) is 13.0. The predicted molar refractivity (Wildman–Crippen MR) is 68.7 cm³/mol. The van der Waals surface area contributed by atoms with Crippen LogP contribution >= 0.6 is 0 Å². The normalized spacial score (nSPS) is 35.8. The van der Waals surface area contributed by atoms with Gasteiger partial charge in [-0.1, -0.05) is 26.2 Å². The largest absolute Gasteiger partial charge is 0.314 e. The van der Waals surface area contributed by atoms with Gasteiger partial charge in [-0.05, 0) is 25.2 Å². The molecule has 1 aliphatic heterocycles. The maximum atomic E-state index is 12.2. The maximum absolute atomic E-state index is 12.2. The van der Waals surface area contributed by atoms with Gasteiger partial charge in [0.15, 0.2) is 5.78 Å². The highest BCUT2D eigenvalue weighted by atomic mass is 16.1. The molecule has 2 rings (SSSR count). The SMILES string of the molecule is CC1CC[NH+](CC(=O)C2CCCCC2)C(N)C1. The monoisotopic (exact) mass is 239 g/mol. The van der Waals surface area contributed by atoms with Crippen LogP contribution < -0.4 is 10.6 Å². The van der Waals surface area contributed by atoms with Crippen molar-refractivity contribution in [2.75, 3.05) is 13.1 Å². The first-order chi connectivity index (χ1) is 8.16. The van der Waals surface area contributed by atoms with E-state index in [2.05, 4.69) is 6.92 Å². The number of carbonyl (C=O) groups excluding carboxylic acids is 1. The fourth-order valence-corrected chi connectivity index (χ4v) is 3.35. The highest BCUT2D eigenvalue weighted by molar-refractivity contribution is 5.81. The third kappa shape index (κ3) is 3.52. The van der Waals surface area contributed by atoms with Crippen molar-refractivity contribution in [3.05, 3.63) is 0 Å². The molecule has 1 saturated heterocycles. The molecule has 1 heterocycles.